The molecule has 2 aromatic carbocycles. The molecule has 0 saturated carbocycles. The molecular formula is C18H22Cl2N4O3. The summed E-state index contributed by atoms with van der Waals surface area (Å²) in [4.78, 5) is 24.8. The number of halogens is 2. The van der Waals surface area contributed by atoms with Crippen LogP contribution in [0.4, 0.5) is 11.4 Å². The third-order valence-electron chi connectivity index (χ3n) is 3.80. The molecule has 0 radical (unpaired) electrons. The molecule has 0 fully saturated rings. The van der Waals surface area contributed by atoms with Gasteiger partial charge >= 0.3 is 0 Å². The monoisotopic (exact) mass is 412 g/mol. The van der Waals surface area contributed by atoms with E-state index in [0.717, 1.165) is 6.42 Å². The van der Waals surface area contributed by atoms with E-state index in [4.69, 9.17) is 17.3 Å². The summed E-state index contributed by atoms with van der Waals surface area (Å²) in [5, 5.41) is 13.9. The molecule has 0 atom stereocenters. The van der Waals surface area contributed by atoms with Gasteiger partial charge in [-0.05, 0) is 24.1 Å². The predicted molar refractivity (Wildman–Crippen MR) is 110 cm³/mol. The number of nitro benzene ring substituents is 1. The smallest absolute Gasteiger partial charge is 0.294 e. The molecule has 0 aliphatic rings. The van der Waals surface area contributed by atoms with Crippen molar-refractivity contribution in [3.8, 4) is 0 Å². The first-order valence-electron chi connectivity index (χ1n) is 8.19. The maximum Gasteiger partial charge on any atom is 0.294 e. The van der Waals surface area contributed by atoms with E-state index in [1.54, 1.807) is 0 Å². The zero-order valence-corrected chi connectivity index (χ0v) is 16.2. The molecule has 0 aliphatic carbocycles. The van der Waals surface area contributed by atoms with E-state index < -0.39 is 4.92 Å². The normalized spacial score (nSPS) is 10.3. The van der Waals surface area contributed by atoms with Gasteiger partial charge in [-0.3, -0.25) is 19.8 Å². The summed E-state index contributed by atoms with van der Waals surface area (Å²) in [6.45, 7) is 1.74. The van der Waals surface area contributed by atoms with Crippen LogP contribution < -0.4 is 11.1 Å². The first-order valence-corrected chi connectivity index (χ1v) is 8.57. The molecular weight excluding hydrogens is 391 g/mol. The number of nitro groups is 1. The standard InChI is InChI=1S/C18H21ClN4O3.ClH/c19-15-6-7-16(17(12-15)23(25)26)21-18(24)13-22(11-9-20)10-8-14-4-2-1-3-5-14;/h1-7,12H,8-11,13,20H2,(H,21,24);1H. The molecule has 0 spiro atoms. The van der Waals surface area contributed by atoms with Gasteiger partial charge in [-0.25, -0.2) is 0 Å². The molecule has 3 N–H and O–H groups in total. The second kappa shape index (κ2) is 11.5. The van der Waals surface area contributed by atoms with Crippen molar-refractivity contribution in [1.82, 2.24) is 4.90 Å². The second-order valence-corrected chi connectivity index (χ2v) is 6.20. The van der Waals surface area contributed by atoms with Gasteiger partial charge in [0.05, 0.1) is 11.5 Å². The largest absolute Gasteiger partial charge is 0.329 e. The molecule has 146 valence electrons. The highest BCUT2D eigenvalue weighted by Crippen LogP contribution is 2.27. The minimum Gasteiger partial charge on any atom is -0.329 e. The Labute approximate surface area is 169 Å². The average molecular weight is 413 g/mol. The lowest BCUT2D eigenvalue weighted by Crippen LogP contribution is -2.38. The van der Waals surface area contributed by atoms with Crippen LogP contribution in [0.5, 0.6) is 0 Å². The Morgan fingerprint density at radius 3 is 2.52 bits per heavy atom. The zero-order valence-electron chi connectivity index (χ0n) is 14.6. The molecule has 2 aromatic rings. The van der Waals surface area contributed by atoms with Crippen LogP contribution in [0.2, 0.25) is 5.02 Å². The SMILES string of the molecule is Cl.NCCN(CCc1ccccc1)CC(=O)Nc1ccc(Cl)cc1[N+](=O)[O-]. The molecule has 0 bridgehead atoms. The Balaban J connectivity index is 0.00000364. The number of hydrogen-bond donors (Lipinski definition) is 2. The van der Waals surface area contributed by atoms with Gasteiger partial charge in [-0.2, -0.15) is 0 Å². The molecule has 1 amide bonds. The van der Waals surface area contributed by atoms with Crippen molar-refractivity contribution in [2.75, 3.05) is 31.5 Å². The number of nitrogens with zero attached hydrogens (tertiary/aromatic N) is 2. The fourth-order valence-electron chi connectivity index (χ4n) is 2.54. The highest BCUT2D eigenvalue weighted by Gasteiger charge is 2.18. The van der Waals surface area contributed by atoms with Crippen molar-refractivity contribution in [2.45, 2.75) is 6.42 Å². The van der Waals surface area contributed by atoms with Gasteiger partial charge in [0, 0.05) is 30.7 Å². The van der Waals surface area contributed by atoms with Gasteiger partial charge in [-0.1, -0.05) is 41.9 Å². The van der Waals surface area contributed by atoms with Gasteiger partial charge in [-0.15, -0.1) is 12.4 Å². The summed E-state index contributed by atoms with van der Waals surface area (Å²) < 4.78 is 0. The Kier molecular flexibility index (Phi) is 9.74. The van der Waals surface area contributed by atoms with Crippen LogP contribution in [0, 0.1) is 10.1 Å². The van der Waals surface area contributed by atoms with Crippen molar-refractivity contribution in [3.05, 3.63) is 69.2 Å². The van der Waals surface area contributed by atoms with Crippen molar-refractivity contribution < 1.29 is 9.72 Å². The van der Waals surface area contributed by atoms with Gasteiger partial charge in [0.1, 0.15) is 5.69 Å². The number of rotatable bonds is 9. The number of carbonyl (C=O) groups is 1. The summed E-state index contributed by atoms with van der Waals surface area (Å²) in [7, 11) is 0. The Morgan fingerprint density at radius 2 is 1.89 bits per heavy atom. The van der Waals surface area contributed by atoms with Crippen molar-refractivity contribution in [2.24, 2.45) is 5.73 Å². The maximum absolute atomic E-state index is 12.3. The lowest BCUT2D eigenvalue weighted by Gasteiger charge is -2.21. The van der Waals surface area contributed by atoms with E-state index in [-0.39, 0.29) is 41.3 Å². The highest BCUT2D eigenvalue weighted by atomic mass is 35.5. The molecule has 27 heavy (non-hydrogen) atoms. The number of nitrogens with one attached hydrogen (secondary N) is 1. The van der Waals surface area contributed by atoms with Crippen molar-refractivity contribution >= 4 is 41.3 Å². The Bertz CT molecular complexity index is 760. The van der Waals surface area contributed by atoms with Crippen LogP contribution in [-0.2, 0) is 11.2 Å². The Morgan fingerprint density at radius 1 is 1.19 bits per heavy atom. The first-order chi connectivity index (χ1) is 12.5. The number of anilines is 1. The number of nitrogens with two attached hydrogens (primary N) is 1. The van der Waals surface area contributed by atoms with E-state index >= 15 is 0 Å². The van der Waals surface area contributed by atoms with Crippen molar-refractivity contribution in [1.29, 1.82) is 0 Å². The van der Waals surface area contributed by atoms with Crippen LogP contribution >= 0.6 is 24.0 Å². The minimum absolute atomic E-state index is 0. The molecule has 0 heterocycles. The molecule has 7 nitrogen and oxygen atoms in total. The first kappa shape index (κ1) is 22.9. The van der Waals surface area contributed by atoms with E-state index in [2.05, 4.69) is 5.32 Å². The fraction of sp³-hybridized carbons (Fsp3) is 0.278. The molecule has 9 heteroatoms. The molecule has 0 aliphatic heterocycles. The quantitative estimate of drug-likeness (QED) is 0.486. The number of benzene rings is 2. The summed E-state index contributed by atoms with van der Waals surface area (Å²) in [6.07, 6.45) is 0.787. The number of carbonyl (C=O) groups excluding carboxylic acids is 1. The van der Waals surface area contributed by atoms with Crippen molar-refractivity contribution in [3.63, 3.8) is 0 Å². The van der Waals surface area contributed by atoms with Gasteiger partial charge in [0.2, 0.25) is 5.91 Å². The minimum atomic E-state index is -0.575. The number of hydrogen-bond acceptors (Lipinski definition) is 5. The average Bonchev–Trinajstić information content (AvgIpc) is 2.62. The third kappa shape index (κ3) is 7.52. The molecule has 0 saturated heterocycles. The summed E-state index contributed by atoms with van der Waals surface area (Å²) >= 11 is 5.78. The highest BCUT2D eigenvalue weighted by molar-refractivity contribution is 6.31. The van der Waals surface area contributed by atoms with Gasteiger partial charge in [0.25, 0.3) is 5.69 Å². The lowest BCUT2D eigenvalue weighted by atomic mass is 10.1. The predicted octanol–water partition coefficient (Wildman–Crippen LogP) is 3.11. The lowest BCUT2D eigenvalue weighted by molar-refractivity contribution is -0.383. The van der Waals surface area contributed by atoms with Crippen LogP contribution in [0.1, 0.15) is 5.56 Å². The van der Waals surface area contributed by atoms with Crippen LogP contribution in [0.25, 0.3) is 0 Å². The van der Waals surface area contributed by atoms with E-state index in [1.165, 1.54) is 23.8 Å². The summed E-state index contributed by atoms with van der Waals surface area (Å²) in [5.41, 5.74) is 6.69. The van der Waals surface area contributed by atoms with Crippen LogP contribution in [0.3, 0.4) is 0 Å². The zero-order chi connectivity index (χ0) is 18.9. The second-order valence-electron chi connectivity index (χ2n) is 5.77. The van der Waals surface area contributed by atoms with Gasteiger partial charge < -0.3 is 11.1 Å². The molecule has 0 aromatic heterocycles. The molecule has 0 unspecified atom stereocenters. The summed E-state index contributed by atoms with van der Waals surface area (Å²) in [6, 6.07) is 14.1. The fourth-order valence-corrected chi connectivity index (χ4v) is 2.71. The van der Waals surface area contributed by atoms with Crippen LogP contribution in [-0.4, -0.2) is 41.9 Å². The summed E-state index contributed by atoms with van der Waals surface area (Å²) in [5.74, 6) is -0.336. The third-order valence-corrected chi connectivity index (χ3v) is 4.04. The van der Waals surface area contributed by atoms with Crippen LogP contribution in [0.15, 0.2) is 48.5 Å². The maximum atomic E-state index is 12.3. The number of amides is 1. The molecule has 2 rings (SSSR count). The van der Waals surface area contributed by atoms with E-state index in [1.807, 2.05) is 35.2 Å². The van der Waals surface area contributed by atoms with Gasteiger partial charge in [0.15, 0.2) is 0 Å². The topological polar surface area (TPSA) is 102 Å². The van der Waals surface area contributed by atoms with E-state index in [9.17, 15) is 14.9 Å². The van der Waals surface area contributed by atoms with E-state index in [0.29, 0.717) is 19.6 Å². The Hall–Kier alpha value is -2.19.